The monoisotopic (exact) mass is 414 g/mol. The standard InChI is InChI=1S/C19H15BrN2O2S/c20-13-3-1-12(2-4-13)19(24)22-14-5-10-18(17(21)11-14)25-16-8-6-15(23)7-9-16/h1-11,23H,21H2,(H,22,24). The zero-order valence-corrected chi connectivity index (χ0v) is 15.5. The molecule has 0 heterocycles. The summed E-state index contributed by atoms with van der Waals surface area (Å²) in [6.45, 7) is 0. The minimum absolute atomic E-state index is 0.189. The number of carbonyl (C=O) groups is 1. The summed E-state index contributed by atoms with van der Waals surface area (Å²) < 4.78 is 0.920. The van der Waals surface area contributed by atoms with E-state index in [4.69, 9.17) is 5.73 Å². The second-order valence-electron chi connectivity index (χ2n) is 5.31. The SMILES string of the molecule is Nc1cc(NC(=O)c2ccc(Br)cc2)ccc1Sc1ccc(O)cc1. The van der Waals surface area contributed by atoms with Gasteiger partial charge in [-0.3, -0.25) is 4.79 Å². The second-order valence-corrected chi connectivity index (χ2v) is 7.34. The van der Waals surface area contributed by atoms with Crippen molar-refractivity contribution in [1.29, 1.82) is 0 Å². The summed E-state index contributed by atoms with van der Waals surface area (Å²) >= 11 is 4.84. The summed E-state index contributed by atoms with van der Waals surface area (Å²) in [5.41, 5.74) is 7.89. The molecule has 0 aliphatic rings. The number of phenols is 1. The predicted octanol–water partition coefficient (Wildman–Crippen LogP) is 5.14. The van der Waals surface area contributed by atoms with E-state index in [-0.39, 0.29) is 11.7 Å². The van der Waals surface area contributed by atoms with Gasteiger partial charge in [0.05, 0.1) is 0 Å². The number of rotatable bonds is 4. The Bertz CT molecular complexity index is 896. The summed E-state index contributed by atoms with van der Waals surface area (Å²) in [6.07, 6.45) is 0. The Balaban J connectivity index is 1.72. The highest BCUT2D eigenvalue weighted by atomic mass is 79.9. The molecule has 0 aliphatic carbocycles. The first-order valence-electron chi connectivity index (χ1n) is 7.44. The number of aromatic hydroxyl groups is 1. The molecular formula is C19H15BrN2O2S. The lowest BCUT2D eigenvalue weighted by Gasteiger charge is -2.10. The maximum absolute atomic E-state index is 12.2. The van der Waals surface area contributed by atoms with Crippen molar-refractivity contribution >= 4 is 45.0 Å². The van der Waals surface area contributed by atoms with E-state index >= 15 is 0 Å². The summed E-state index contributed by atoms with van der Waals surface area (Å²) in [6, 6.07) is 19.5. The third-order valence-electron chi connectivity index (χ3n) is 3.44. The van der Waals surface area contributed by atoms with E-state index < -0.39 is 0 Å². The lowest BCUT2D eigenvalue weighted by Crippen LogP contribution is -2.11. The fourth-order valence-electron chi connectivity index (χ4n) is 2.16. The number of amides is 1. The minimum Gasteiger partial charge on any atom is -0.508 e. The van der Waals surface area contributed by atoms with Crippen LogP contribution in [0.3, 0.4) is 0 Å². The Kier molecular flexibility index (Phi) is 5.31. The van der Waals surface area contributed by atoms with E-state index in [0.717, 1.165) is 14.3 Å². The third-order valence-corrected chi connectivity index (χ3v) is 5.07. The van der Waals surface area contributed by atoms with E-state index in [1.54, 1.807) is 30.3 Å². The van der Waals surface area contributed by atoms with Crippen molar-refractivity contribution in [1.82, 2.24) is 0 Å². The first kappa shape index (κ1) is 17.4. The van der Waals surface area contributed by atoms with Gasteiger partial charge in [0.2, 0.25) is 0 Å². The average molecular weight is 415 g/mol. The molecule has 0 radical (unpaired) electrons. The topological polar surface area (TPSA) is 75.3 Å². The van der Waals surface area contributed by atoms with Gasteiger partial charge >= 0.3 is 0 Å². The van der Waals surface area contributed by atoms with Crippen molar-refractivity contribution < 1.29 is 9.90 Å². The number of nitrogen functional groups attached to an aromatic ring is 1. The van der Waals surface area contributed by atoms with Crippen LogP contribution < -0.4 is 11.1 Å². The molecule has 0 saturated heterocycles. The van der Waals surface area contributed by atoms with Crippen LogP contribution in [0.15, 0.2) is 81.0 Å². The predicted molar refractivity (Wildman–Crippen MR) is 105 cm³/mol. The number of nitrogens with one attached hydrogen (secondary N) is 1. The van der Waals surface area contributed by atoms with Crippen LogP contribution >= 0.6 is 27.7 Å². The van der Waals surface area contributed by atoms with E-state index in [1.807, 2.05) is 36.4 Å². The highest BCUT2D eigenvalue weighted by molar-refractivity contribution is 9.10. The number of benzene rings is 3. The zero-order chi connectivity index (χ0) is 17.8. The molecule has 3 aromatic carbocycles. The molecule has 0 aliphatic heterocycles. The average Bonchev–Trinajstić information content (AvgIpc) is 2.60. The molecular weight excluding hydrogens is 400 g/mol. The smallest absolute Gasteiger partial charge is 0.255 e. The molecule has 0 fully saturated rings. The number of carbonyl (C=O) groups excluding carboxylic acids is 1. The molecule has 25 heavy (non-hydrogen) atoms. The van der Waals surface area contributed by atoms with Crippen molar-refractivity contribution in [3.05, 3.63) is 76.8 Å². The van der Waals surface area contributed by atoms with Gasteiger partial charge in [0.1, 0.15) is 5.75 Å². The first-order chi connectivity index (χ1) is 12.0. The van der Waals surface area contributed by atoms with Crippen molar-refractivity contribution in [3.63, 3.8) is 0 Å². The Labute approximate surface area is 158 Å². The molecule has 3 rings (SSSR count). The van der Waals surface area contributed by atoms with Gasteiger partial charge < -0.3 is 16.2 Å². The summed E-state index contributed by atoms with van der Waals surface area (Å²) in [5.74, 6) is 0.0363. The lowest BCUT2D eigenvalue weighted by molar-refractivity contribution is 0.102. The van der Waals surface area contributed by atoms with Gasteiger partial charge in [-0.25, -0.2) is 0 Å². The Hall–Kier alpha value is -2.44. The molecule has 126 valence electrons. The van der Waals surface area contributed by atoms with Gasteiger partial charge in [0.25, 0.3) is 5.91 Å². The molecule has 6 heteroatoms. The molecule has 1 amide bonds. The normalized spacial score (nSPS) is 10.4. The van der Waals surface area contributed by atoms with Gasteiger partial charge in [0, 0.05) is 31.2 Å². The minimum atomic E-state index is -0.189. The molecule has 0 bridgehead atoms. The van der Waals surface area contributed by atoms with Gasteiger partial charge in [-0.2, -0.15) is 0 Å². The summed E-state index contributed by atoms with van der Waals surface area (Å²) in [5, 5.41) is 12.2. The van der Waals surface area contributed by atoms with Gasteiger partial charge in [-0.1, -0.05) is 27.7 Å². The molecule has 0 unspecified atom stereocenters. The Morgan fingerprint density at radius 3 is 2.32 bits per heavy atom. The fraction of sp³-hybridized carbons (Fsp3) is 0. The van der Waals surface area contributed by atoms with Gasteiger partial charge in [-0.05, 0) is 66.7 Å². The van der Waals surface area contributed by atoms with Crippen molar-refractivity contribution in [2.75, 3.05) is 11.1 Å². The molecule has 0 spiro atoms. The highest BCUT2D eigenvalue weighted by Gasteiger charge is 2.08. The van der Waals surface area contributed by atoms with Gasteiger partial charge in [0.15, 0.2) is 0 Å². The largest absolute Gasteiger partial charge is 0.508 e. The Morgan fingerprint density at radius 1 is 1.00 bits per heavy atom. The van der Waals surface area contributed by atoms with Crippen LogP contribution in [0.2, 0.25) is 0 Å². The highest BCUT2D eigenvalue weighted by Crippen LogP contribution is 2.34. The van der Waals surface area contributed by atoms with E-state index in [0.29, 0.717) is 16.9 Å². The number of halogens is 1. The number of phenolic OH excluding ortho intramolecular Hbond substituents is 1. The van der Waals surface area contributed by atoms with Crippen LogP contribution in [0.25, 0.3) is 0 Å². The molecule has 3 aromatic rings. The van der Waals surface area contributed by atoms with Gasteiger partial charge in [-0.15, -0.1) is 0 Å². The first-order valence-corrected chi connectivity index (χ1v) is 9.05. The summed E-state index contributed by atoms with van der Waals surface area (Å²) in [4.78, 5) is 14.1. The number of hydrogen-bond donors (Lipinski definition) is 3. The molecule has 0 atom stereocenters. The van der Waals surface area contributed by atoms with Crippen LogP contribution in [0.4, 0.5) is 11.4 Å². The fourth-order valence-corrected chi connectivity index (χ4v) is 3.27. The van der Waals surface area contributed by atoms with Crippen LogP contribution in [0, 0.1) is 0 Å². The van der Waals surface area contributed by atoms with Crippen LogP contribution in [0.5, 0.6) is 5.75 Å². The molecule has 4 nitrogen and oxygen atoms in total. The van der Waals surface area contributed by atoms with Crippen molar-refractivity contribution in [2.24, 2.45) is 0 Å². The third kappa shape index (κ3) is 4.55. The summed E-state index contributed by atoms with van der Waals surface area (Å²) in [7, 11) is 0. The lowest BCUT2D eigenvalue weighted by atomic mass is 10.2. The number of hydrogen-bond acceptors (Lipinski definition) is 4. The zero-order valence-electron chi connectivity index (χ0n) is 13.1. The van der Waals surface area contributed by atoms with Crippen LogP contribution in [-0.4, -0.2) is 11.0 Å². The van der Waals surface area contributed by atoms with Crippen molar-refractivity contribution in [2.45, 2.75) is 9.79 Å². The maximum Gasteiger partial charge on any atom is 0.255 e. The van der Waals surface area contributed by atoms with E-state index in [2.05, 4.69) is 21.2 Å². The number of anilines is 2. The molecule has 4 N–H and O–H groups in total. The molecule has 0 aromatic heterocycles. The van der Waals surface area contributed by atoms with E-state index in [1.165, 1.54) is 11.8 Å². The Morgan fingerprint density at radius 2 is 1.68 bits per heavy atom. The second kappa shape index (κ2) is 7.63. The molecule has 0 saturated carbocycles. The van der Waals surface area contributed by atoms with Crippen LogP contribution in [0.1, 0.15) is 10.4 Å². The maximum atomic E-state index is 12.2. The quantitative estimate of drug-likeness (QED) is 0.516. The van der Waals surface area contributed by atoms with Crippen molar-refractivity contribution in [3.8, 4) is 5.75 Å². The van der Waals surface area contributed by atoms with Crippen LogP contribution in [-0.2, 0) is 0 Å². The van der Waals surface area contributed by atoms with E-state index in [9.17, 15) is 9.90 Å². The number of nitrogens with two attached hydrogens (primary N) is 1.